The van der Waals surface area contributed by atoms with Crippen LogP contribution in [-0.2, 0) is 12.8 Å². The number of carbonyl (C=O) groups excluding carboxylic acids is 1. The Labute approximate surface area is 136 Å². The van der Waals surface area contributed by atoms with Crippen molar-refractivity contribution < 1.29 is 4.79 Å². The van der Waals surface area contributed by atoms with Gasteiger partial charge in [0.15, 0.2) is 0 Å². The van der Waals surface area contributed by atoms with E-state index in [4.69, 9.17) is 0 Å². The zero-order valence-electron chi connectivity index (χ0n) is 13.4. The van der Waals surface area contributed by atoms with Crippen LogP contribution in [0.4, 0.5) is 0 Å². The van der Waals surface area contributed by atoms with Crippen molar-refractivity contribution in [3.8, 4) is 11.3 Å². The Morgan fingerprint density at radius 2 is 2.00 bits per heavy atom. The number of amides is 1. The molecule has 1 aromatic carbocycles. The molecule has 1 aliphatic carbocycles. The van der Waals surface area contributed by atoms with E-state index in [2.05, 4.69) is 39.5 Å². The summed E-state index contributed by atoms with van der Waals surface area (Å²) in [6, 6.07) is 8.46. The van der Waals surface area contributed by atoms with Crippen molar-refractivity contribution in [2.45, 2.75) is 25.7 Å². The van der Waals surface area contributed by atoms with Gasteiger partial charge in [0, 0.05) is 30.5 Å². The summed E-state index contributed by atoms with van der Waals surface area (Å²) in [5.41, 5.74) is 5.71. The fourth-order valence-corrected chi connectivity index (χ4v) is 3.83. The average molecular weight is 309 g/mol. The highest BCUT2D eigenvalue weighted by Gasteiger charge is 2.23. The van der Waals surface area contributed by atoms with Gasteiger partial charge < -0.3 is 15.2 Å². The van der Waals surface area contributed by atoms with Crippen LogP contribution in [0.5, 0.6) is 0 Å². The predicted octanol–water partition coefficient (Wildman–Crippen LogP) is 2.61. The molecule has 1 fully saturated rings. The summed E-state index contributed by atoms with van der Waals surface area (Å²) in [5.74, 6) is 0.0566. The minimum atomic E-state index is 0.0566. The van der Waals surface area contributed by atoms with Gasteiger partial charge in [-0.2, -0.15) is 0 Å². The monoisotopic (exact) mass is 309 g/mol. The molecule has 2 aromatic rings. The van der Waals surface area contributed by atoms with Crippen LogP contribution in [-0.4, -0.2) is 42.0 Å². The van der Waals surface area contributed by atoms with Gasteiger partial charge in [-0.3, -0.25) is 4.79 Å². The number of hydrogen-bond acceptors (Lipinski definition) is 2. The number of H-pyrrole nitrogens is 1. The standard InChI is InChI=1S/C19H23N3O/c23-19(20-9-12-22-10-3-4-11-22)17-13-21-18-15-6-2-1-5-14(15)7-8-16(17)18/h1-2,5-6,13,21H,3-4,7-12H2,(H,20,23). The summed E-state index contributed by atoms with van der Waals surface area (Å²) in [6.07, 6.45) is 6.40. The molecular formula is C19H23N3O. The molecule has 2 heterocycles. The summed E-state index contributed by atoms with van der Waals surface area (Å²) in [5, 5.41) is 3.09. The summed E-state index contributed by atoms with van der Waals surface area (Å²) in [7, 11) is 0. The lowest BCUT2D eigenvalue weighted by Gasteiger charge is -2.18. The van der Waals surface area contributed by atoms with E-state index in [0.29, 0.717) is 0 Å². The summed E-state index contributed by atoms with van der Waals surface area (Å²) in [4.78, 5) is 18.3. The Balaban J connectivity index is 1.46. The molecule has 0 unspecified atom stereocenters. The van der Waals surface area contributed by atoms with E-state index in [1.54, 1.807) is 0 Å². The lowest BCUT2D eigenvalue weighted by Crippen LogP contribution is -2.33. The second-order valence-corrected chi connectivity index (χ2v) is 6.52. The Bertz CT molecular complexity index is 713. The van der Waals surface area contributed by atoms with Crippen molar-refractivity contribution in [3.63, 3.8) is 0 Å². The first-order valence-electron chi connectivity index (χ1n) is 8.62. The third-order valence-corrected chi connectivity index (χ3v) is 5.08. The predicted molar refractivity (Wildman–Crippen MR) is 91.6 cm³/mol. The minimum absolute atomic E-state index is 0.0566. The molecule has 0 saturated carbocycles. The number of benzene rings is 1. The maximum Gasteiger partial charge on any atom is 0.253 e. The van der Waals surface area contributed by atoms with Crippen LogP contribution < -0.4 is 5.32 Å². The van der Waals surface area contributed by atoms with Crippen molar-refractivity contribution in [2.24, 2.45) is 0 Å². The van der Waals surface area contributed by atoms with E-state index < -0.39 is 0 Å². The molecular weight excluding hydrogens is 286 g/mol. The molecule has 0 bridgehead atoms. The molecule has 1 saturated heterocycles. The van der Waals surface area contributed by atoms with Gasteiger partial charge in [0.05, 0.1) is 5.56 Å². The lowest BCUT2D eigenvalue weighted by molar-refractivity contribution is 0.0949. The fourth-order valence-electron chi connectivity index (χ4n) is 3.83. The first-order valence-corrected chi connectivity index (χ1v) is 8.62. The number of carbonyl (C=O) groups is 1. The third-order valence-electron chi connectivity index (χ3n) is 5.08. The van der Waals surface area contributed by atoms with Gasteiger partial charge in [-0.05, 0) is 49.9 Å². The van der Waals surface area contributed by atoms with E-state index in [9.17, 15) is 4.79 Å². The molecule has 120 valence electrons. The molecule has 2 aliphatic rings. The molecule has 1 aromatic heterocycles. The summed E-state index contributed by atoms with van der Waals surface area (Å²) < 4.78 is 0. The van der Waals surface area contributed by atoms with Crippen LogP contribution in [0.15, 0.2) is 30.5 Å². The number of aromatic nitrogens is 1. The van der Waals surface area contributed by atoms with Crippen LogP contribution >= 0.6 is 0 Å². The molecule has 0 atom stereocenters. The second-order valence-electron chi connectivity index (χ2n) is 6.52. The number of rotatable bonds is 4. The minimum Gasteiger partial charge on any atom is -0.360 e. The van der Waals surface area contributed by atoms with Gasteiger partial charge in [-0.1, -0.05) is 24.3 Å². The van der Waals surface area contributed by atoms with Crippen molar-refractivity contribution >= 4 is 5.91 Å². The number of nitrogens with zero attached hydrogens (tertiary/aromatic N) is 1. The van der Waals surface area contributed by atoms with Crippen LogP contribution in [0.25, 0.3) is 11.3 Å². The van der Waals surface area contributed by atoms with Crippen molar-refractivity contribution in [2.75, 3.05) is 26.2 Å². The first-order chi connectivity index (χ1) is 11.3. The zero-order valence-corrected chi connectivity index (χ0v) is 13.4. The summed E-state index contributed by atoms with van der Waals surface area (Å²) in [6.45, 7) is 4.04. The molecule has 4 nitrogen and oxygen atoms in total. The van der Waals surface area contributed by atoms with E-state index in [0.717, 1.165) is 37.2 Å². The molecule has 23 heavy (non-hydrogen) atoms. The van der Waals surface area contributed by atoms with Crippen molar-refractivity contribution in [1.29, 1.82) is 0 Å². The normalized spacial score (nSPS) is 16.9. The SMILES string of the molecule is O=C(NCCN1CCCC1)c1c[nH]c2c1CCc1ccccc1-2. The van der Waals surface area contributed by atoms with E-state index >= 15 is 0 Å². The quantitative estimate of drug-likeness (QED) is 0.912. The molecule has 4 rings (SSSR count). The Hall–Kier alpha value is -2.07. The first kappa shape index (κ1) is 14.5. The Morgan fingerprint density at radius 1 is 1.17 bits per heavy atom. The largest absolute Gasteiger partial charge is 0.360 e. The molecule has 4 heteroatoms. The van der Waals surface area contributed by atoms with Crippen LogP contribution in [0.1, 0.15) is 34.3 Å². The van der Waals surface area contributed by atoms with Gasteiger partial charge >= 0.3 is 0 Å². The number of nitrogens with one attached hydrogen (secondary N) is 2. The van der Waals surface area contributed by atoms with E-state index in [-0.39, 0.29) is 5.91 Å². The highest BCUT2D eigenvalue weighted by atomic mass is 16.1. The molecule has 2 N–H and O–H groups in total. The number of fused-ring (bicyclic) bond motifs is 3. The van der Waals surface area contributed by atoms with Gasteiger partial charge in [-0.15, -0.1) is 0 Å². The average Bonchev–Trinajstić information content (AvgIpc) is 3.24. The maximum absolute atomic E-state index is 12.5. The smallest absolute Gasteiger partial charge is 0.253 e. The number of hydrogen-bond donors (Lipinski definition) is 2. The zero-order chi connectivity index (χ0) is 15.6. The molecule has 1 amide bonds. The second kappa shape index (κ2) is 6.20. The number of aryl methyl sites for hydroxylation is 1. The van der Waals surface area contributed by atoms with Crippen LogP contribution in [0.3, 0.4) is 0 Å². The number of aromatic amines is 1. The van der Waals surface area contributed by atoms with Crippen LogP contribution in [0, 0.1) is 0 Å². The van der Waals surface area contributed by atoms with Crippen molar-refractivity contribution in [1.82, 2.24) is 15.2 Å². The fraction of sp³-hybridized carbons (Fsp3) is 0.421. The highest BCUT2D eigenvalue weighted by molar-refractivity contribution is 5.98. The maximum atomic E-state index is 12.5. The van der Waals surface area contributed by atoms with E-state index in [1.807, 2.05) is 6.20 Å². The molecule has 0 spiro atoms. The highest BCUT2D eigenvalue weighted by Crippen LogP contribution is 2.34. The van der Waals surface area contributed by atoms with Gasteiger partial charge in [-0.25, -0.2) is 0 Å². The number of likely N-dealkylation sites (tertiary alicyclic amines) is 1. The topological polar surface area (TPSA) is 48.1 Å². The van der Waals surface area contributed by atoms with Gasteiger partial charge in [0.25, 0.3) is 5.91 Å². The van der Waals surface area contributed by atoms with E-state index in [1.165, 1.54) is 42.6 Å². The molecule has 0 radical (unpaired) electrons. The summed E-state index contributed by atoms with van der Waals surface area (Å²) >= 11 is 0. The van der Waals surface area contributed by atoms with Gasteiger partial charge in [0.2, 0.25) is 0 Å². The lowest BCUT2D eigenvalue weighted by atomic mass is 9.88. The molecule has 1 aliphatic heterocycles. The third kappa shape index (κ3) is 2.79. The Kier molecular flexibility index (Phi) is 3.92. The Morgan fingerprint density at radius 3 is 2.87 bits per heavy atom. The van der Waals surface area contributed by atoms with Crippen molar-refractivity contribution in [3.05, 3.63) is 47.2 Å². The van der Waals surface area contributed by atoms with Crippen LogP contribution in [0.2, 0.25) is 0 Å². The van der Waals surface area contributed by atoms with Gasteiger partial charge in [0.1, 0.15) is 0 Å².